The average Bonchev–Trinajstić information content (AvgIpc) is 2.77. The summed E-state index contributed by atoms with van der Waals surface area (Å²) < 4.78 is 33.7. The van der Waals surface area contributed by atoms with Gasteiger partial charge in [0.15, 0.2) is 0 Å². The van der Waals surface area contributed by atoms with Gasteiger partial charge in [-0.15, -0.1) is 0 Å². The Morgan fingerprint density at radius 2 is 1.94 bits per heavy atom. The van der Waals surface area contributed by atoms with E-state index in [0.717, 1.165) is 48.9 Å². The minimum Gasteiger partial charge on any atom is -0.483 e. The SMILES string of the molecule is CN1CCC(N(Cc2ccc(F)cc2F)C(=O)NCc2ccc3c(c2)C=CC(C)(C)O3)CC1. The lowest BCUT2D eigenvalue weighted by Gasteiger charge is -2.37. The molecule has 0 atom stereocenters. The lowest BCUT2D eigenvalue weighted by Crippen LogP contribution is -2.49. The molecule has 2 aromatic rings. The number of hydrogen-bond donors (Lipinski definition) is 1. The van der Waals surface area contributed by atoms with Crippen molar-refractivity contribution in [1.82, 2.24) is 15.1 Å². The first kappa shape index (κ1) is 23.2. The second-order valence-electron chi connectivity index (χ2n) is 9.47. The van der Waals surface area contributed by atoms with Gasteiger partial charge in [-0.2, -0.15) is 0 Å². The summed E-state index contributed by atoms with van der Waals surface area (Å²) in [6, 6.07) is 9.11. The quantitative estimate of drug-likeness (QED) is 0.694. The highest BCUT2D eigenvalue weighted by molar-refractivity contribution is 5.74. The predicted molar refractivity (Wildman–Crippen MR) is 125 cm³/mol. The van der Waals surface area contributed by atoms with Crippen LogP contribution >= 0.6 is 0 Å². The Kier molecular flexibility index (Phi) is 6.70. The number of nitrogens with zero attached hydrogens (tertiary/aromatic N) is 2. The van der Waals surface area contributed by atoms with Crippen molar-refractivity contribution in [3.63, 3.8) is 0 Å². The third-order valence-corrected chi connectivity index (χ3v) is 6.30. The van der Waals surface area contributed by atoms with Crippen LogP contribution in [-0.2, 0) is 13.1 Å². The summed E-state index contributed by atoms with van der Waals surface area (Å²) in [5.41, 5.74) is 1.89. The van der Waals surface area contributed by atoms with Crippen LogP contribution in [0.25, 0.3) is 6.08 Å². The Balaban J connectivity index is 1.47. The fraction of sp³-hybridized carbons (Fsp3) is 0.423. The molecule has 0 saturated carbocycles. The summed E-state index contributed by atoms with van der Waals surface area (Å²) in [4.78, 5) is 17.1. The van der Waals surface area contributed by atoms with Crippen LogP contribution in [0.2, 0.25) is 0 Å². The fourth-order valence-electron chi connectivity index (χ4n) is 4.32. The maximum Gasteiger partial charge on any atom is 0.318 e. The molecule has 2 heterocycles. The van der Waals surface area contributed by atoms with Crippen LogP contribution in [0, 0.1) is 11.6 Å². The standard InChI is InChI=1S/C26H31F2N3O2/c1-26(2)11-8-19-14-18(4-7-24(19)33-26)16-29-25(32)31(22-9-12-30(3)13-10-22)17-20-5-6-21(27)15-23(20)28/h4-8,11,14-15,22H,9-10,12-13,16-17H2,1-3H3,(H,29,32). The van der Waals surface area contributed by atoms with Crippen LogP contribution in [0.15, 0.2) is 42.5 Å². The summed E-state index contributed by atoms with van der Waals surface area (Å²) in [6.45, 7) is 6.19. The van der Waals surface area contributed by atoms with Gasteiger partial charge in [-0.3, -0.25) is 0 Å². The summed E-state index contributed by atoms with van der Waals surface area (Å²) >= 11 is 0. The molecule has 2 aliphatic heterocycles. The van der Waals surface area contributed by atoms with Gasteiger partial charge in [0.2, 0.25) is 0 Å². The largest absolute Gasteiger partial charge is 0.483 e. The van der Waals surface area contributed by atoms with Crippen LogP contribution in [0.4, 0.5) is 13.6 Å². The lowest BCUT2D eigenvalue weighted by molar-refractivity contribution is 0.126. The molecule has 2 aliphatic rings. The number of carbonyl (C=O) groups is 1. The molecule has 7 heteroatoms. The van der Waals surface area contributed by atoms with Gasteiger partial charge in [0.1, 0.15) is 23.0 Å². The Bertz CT molecular complexity index is 1050. The number of rotatable bonds is 5. The lowest BCUT2D eigenvalue weighted by atomic mass is 10.0. The summed E-state index contributed by atoms with van der Waals surface area (Å²) in [5.74, 6) is -0.442. The molecule has 2 aromatic carbocycles. The number of ether oxygens (including phenoxy) is 1. The zero-order valence-electron chi connectivity index (χ0n) is 19.4. The predicted octanol–water partition coefficient (Wildman–Crippen LogP) is 4.96. The highest BCUT2D eigenvalue weighted by Gasteiger charge is 2.28. The van der Waals surface area contributed by atoms with Crippen LogP contribution < -0.4 is 10.1 Å². The summed E-state index contributed by atoms with van der Waals surface area (Å²) in [7, 11) is 2.05. The number of likely N-dealkylation sites (tertiary alicyclic amines) is 1. The molecule has 5 nitrogen and oxygen atoms in total. The molecule has 0 radical (unpaired) electrons. The van der Waals surface area contributed by atoms with Gasteiger partial charge in [0, 0.05) is 29.8 Å². The first-order valence-corrected chi connectivity index (χ1v) is 11.4. The van der Waals surface area contributed by atoms with Crippen molar-refractivity contribution in [3.05, 3.63) is 70.8 Å². The number of carbonyl (C=O) groups excluding carboxylic acids is 1. The molecular formula is C26H31F2N3O2. The van der Waals surface area contributed by atoms with Gasteiger partial charge in [0.25, 0.3) is 0 Å². The molecule has 0 unspecified atom stereocenters. The van der Waals surface area contributed by atoms with Gasteiger partial charge >= 0.3 is 6.03 Å². The van der Waals surface area contributed by atoms with E-state index in [1.165, 1.54) is 12.1 Å². The summed E-state index contributed by atoms with van der Waals surface area (Å²) in [5, 5.41) is 2.99. The van der Waals surface area contributed by atoms with Gasteiger partial charge in [0.05, 0.1) is 6.54 Å². The van der Waals surface area contributed by atoms with E-state index in [9.17, 15) is 13.6 Å². The van der Waals surface area contributed by atoms with E-state index in [1.54, 1.807) is 4.90 Å². The highest BCUT2D eigenvalue weighted by atomic mass is 19.1. The number of hydrogen-bond acceptors (Lipinski definition) is 3. The molecule has 1 saturated heterocycles. The zero-order chi connectivity index (χ0) is 23.6. The molecule has 1 N–H and O–H groups in total. The van der Waals surface area contributed by atoms with E-state index >= 15 is 0 Å². The first-order chi connectivity index (χ1) is 15.7. The van der Waals surface area contributed by atoms with Gasteiger partial charge in [-0.05, 0) is 76.7 Å². The van der Waals surface area contributed by atoms with E-state index in [4.69, 9.17) is 4.74 Å². The van der Waals surface area contributed by atoms with Gasteiger partial charge < -0.3 is 19.9 Å². The van der Waals surface area contributed by atoms with Crippen molar-refractivity contribution in [2.75, 3.05) is 20.1 Å². The third-order valence-electron chi connectivity index (χ3n) is 6.30. The molecule has 0 aromatic heterocycles. The van der Waals surface area contributed by atoms with Crippen molar-refractivity contribution in [2.45, 2.75) is 51.4 Å². The minimum atomic E-state index is -0.634. The van der Waals surface area contributed by atoms with Crippen molar-refractivity contribution in [3.8, 4) is 5.75 Å². The number of urea groups is 1. The van der Waals surface area contributed by atoms with Crippen molar-refractivity contribution in [2.24, 2.45) is 0 Å². The van der Waals surface area contributed by atoms with E-state index in [2.05, 4.69) is 17.3 Å². The highest BCUT2D eigenvalue weighted by Crippen LogP contribution is 2.31. The monoisotopic (exact) mass is 455 g/mol. The van der Waals surface area contributed by atoms with Crippen LogP contribution in [0.5, 0.6) is 5.75 Å². The fourth-order valence-corrected chi connectivity index (χ4v) is 4.32. The topological polar surface area (TPSA) is 44.8 Å². The average molecular weight is 456 g/mol. The minimum absolute atomic E-state index is 0.00671. The molecule has 33 heavy (non-hydrogen) atoms. The van der Waals surface area contributed by atoms with Crippen molar-refractivity contribution >= 4 is 12.1 Å². The first-order valence-electron chi connectivity index (χ1n) is 11.4. The molecule has 0 bridgehead atoms. The molecular weight excluding hydrogens is 424 g/mol. The number of piperidine rings is 1. The molecule has 0 spiro atoms. The number of fused-ring (bicyclic) bond motifs is 1. The number of halogens is 2. The van der Waals surface area contributed by atoms with E-state index in [-0.39, 0.29) is 24.2 Å². The molecule has 0 aliphatic carbocycles. The smallest absolute Gasteiger partial charge is 0.318 e. The second kappa shape index (κ2) is 9.51. The van der Waals surface area contributed by atoms with Gasteiger partial charge in [-0.1, -0.05) is 18.2 Å². The Morgan fingerprint density at radius 1 is 1.18 bits per heavy atom. The molecule has 2 amide bonds. The maximum atomic E-state index is 14.3. The maximum absolute atomic E-state index is 14.3. The third kappa shape index (κ3) is 5.71. The Hall–Kier alpha value is -2.93. The second-order valence-corrected chi connectivity index (χ2v) is 9.47. The normalized spacial score (nSPS) is 17.8. The van der Waals surface area contributed by atoms with E-state index in [0.29, 0.717) is 12.1 Å². The Labute approximate surface area is 194 Å². The number of nitrogens with one attached hydrogen (secondary N) is 1. The molecule has 176 valence electrons. The number of benzene rings is 2. The van der Waals surface area contributed by atoms with Crippen LogP contribution in [0.3, 0.4) is 0 Å². The molecule has 1 fully saturated rings. The van der Waals surface area contributed by atoms with Crippen molar-refractivity contribution in [1.29, 1.82) is 0 Å². The summed E-state index contributed by atoms with van der Waals surface area (Å²) in [6.07, 6.45) is 5.66. The van der Waals surface area contributed by atoms with Crippen LogP contribution in [0.1, 0.15) is 43.4 Å². The van der Waals surface area contributed by atoms with Crippen molar-refractivity contribution < 1.29 is 18.3 Å². The van der Waals surface area contributed by atoms with E-state index in [1.807, 2.05) is 44.2 Å². The van der Waals surface area contributed by atoms with Crippen LogP contribution in [-0.4, -0.2) is 47.6 Å². The number of amides is 2. The Morgan fingerprint density at radius 3 is 2.67 bits per heavy atom. The molecule has 4 rings (SSSR count). The van der Waals surface area contributed by atoms with E-state index < -0.39 is 11.6 Å². The van der Waals surface area contributed by atoms with Gasteiger partial charge in [-0.25, -0.2) is 13.6 Å². The zero-order valence-corrected chi connectivity index (χ0v) is 19.4.